The van der Waals surface area contributed by atoms with E-state index in [1.165, 1.54) is 29.1 Å². The van der Waals surface area contributed by atoms with Crippen LogP contribution in [0.4, 0.5) is 0 Å². The molecule has 2 N–H and O–H groups in total. The fourth-order valence-corrected chi connectivity index (χ4v) is 3.55. The van der Waals surface area contributed by atoms with Crippen LogP contribution in [0.15, 0.2) is 15.8 Å². The van der Waals surface area contributed by atoms with Gasteiger partial charge in [0.1, 0.15) is 10.6 Å². The van der Waals surface area contributed by atoms with Crippen LogP contribution in [0.25, 0.3) is 0 Å². The zero-order chi connectivity index (χ0) is 15.7. The number of fused-ring (bicyclic) bond motifs is 1. The van der Waals surface area contributed by atoms with Crippen LogP contribution < -0.4 is 16.6 Å². The van der Waals surface area contributed by atoms with Crippen LogP contribution in [-0.2, 0) is 26.4 Å². The molecule has 7 nitrogen and oxygen atoms in total. The second kappa shape index (κ2) is 5.88. The third-order valence-corrected chi connectivity index (χ3v) is 4.80. The van der Waals surface area contributed by atoms with Gasteiger partial charge in [-0.05, 0) is 25.7 Å². The summed E-state index contributed by atoms with van der Waals surface area (Å²) >= 11 is 1.62. The number of rotatable bonds is 3. The third-order valence-electron chi connectivity index (χ3n) is 3.64. The molecule has 0 unspecified atom stereocenters. The molecule has 1 aliphatic rings. The topological polar surface area (TPSA) is 96.8 Å². The number of hydrogen-bond acceptors (Lipinski definition) is 5. The molecule has 2 heterocycles. The summed E-state index contributed by atoms with van der Waals surface area (Å²) in [7, 11) is 1.48. The maximum Gasteiger partial charge on any atom is 0.328 e. The van der Waals surface area contributed by atoms with Crippen molar-refractivity contribution in [2.24, 2.45) is 7.05 Å². The monoisotopic (exact) mass is 320 g/mol. The Morgan fingerprint density at radius 2 is 2.18 bits per heavy atom. The number of amides is 1. The number of nitrogens with zero attached hydrogens (tertiary/aromatic N) is 2. The van der Waals surface area contributed by atoms with E-state index in [2.05, 4.69) is 15.3 Å². The summed E-state index contributed by atoms with van der Waals surface area (Å²) < 4.78 is 1.17. The summed E-state index contributed by atoms with van der Waals surface area (Å²) in [5, 5.41) is 3.53. The van der Waals surface area contributed by atoms with Gasteiger partial charge < -0.3 is 9.88 Å². The van der Waals surface area contributed by atoms with E-state index in [-0.39, 0.29) is 5.56 Å². The molecule has 2 aromatic heterocycles. The highest BCUT2D eigenvalue weighted by atomic mass is 32.1. The van der Waals surface area contributed by atoms with Gasteiger partial charge in [0.2, 0.25) is 0 Å². The van der Waals surface area contributed by atoms with Gasteiger partial charge in [0.05, 0.1) is 12.2 Å². The molecule has 116 valence electrons. The molecule has 0 spiro atoms. The van der Waals surface area contributed by atoms with Crippen molar-refractivity contribution in [2.45, 2.75) is 32.2 Å². The predicted octanol–water partition coefficient (Wildman–Crippen LogP) is 0.339. The highest BCUT2D eigenvalue weighted by Crippen LogP contribution is 2.26. The molecule has 8 heteroatoms. The van der Waals surface area contributed by atoms with Gasteiger partial charge in [0, 0.05) is 18.1 Å². The van der Waals surface area contributed by atoms with E-state index >= 15 is 0 Å². The van der Waals surface area contributed by atoms with Gasteiger partial charge >= 0.3 is 5.69 Å². The Bertz CT molecular complexity index is 810. The van der Waals surface area contributed by atoms with Gasteiger partial charge in [-0.2, -0.15) is 0 Å². The molecule has 0 saturated carbocycles. The van der Waals surface area contributed by atoms with Crippen molar-refractivity contribution in [1.82, 2.24) is 19.9 Å². The molecular formula is C14H16N4O3S. The highest BCUT2D eigenvalue weighted by molar-refractivity contribution is 7.11. The second-order valence-corrected chi connectivity index (χ2v) is 6.45. The Morgan fingerprint density at radius 3 is 2.95 bits per heavy atom. The summed E-state index contributed by atoms with van der Waals surface area (Å²) in [6.45, 7) is 0.290. The van der Waals surface area contributed by atoms with E-state index in [1.54, 1.807) is 11.3 Å². The van der Waals surface area contributed by atoms with E-state index in [9.17, 15) is 14.4 Å². The fraction of sp³-hybridized carbons (Fsp3) is 0.429. The van der Waals surface area contributed by atoms with Crippen LogP contribution >= 0.6 is 11.3 Å². The fourth-order valence-electron chi connectivity index (χ4n) is 2.46. The lowest BCUT2D eigenvalue weighted by Gasteiger charge is -2.06. The number of aromatic amines is 1. The number of aryl methyl sites for hydroxylation is 3. The Morgan fingerprint density at radius 1 is 1.41 bits per heavy atom. The van der Waals surface area contributed by atoms with Crippen molar-refractivity contribution in [2.75, 3.05) is 0 Å². The molecule has 22 heavy (non-hydrogen) atoms. The van der Waals surface area contributed by atoms with Crippen LogP contribution in [0.5, 0.6) is 0 Å². The first-order valence-corrected chi connectivity index (χ1v) is 7.92. The summed E-state index contributed by atoms with van der Waals surface area (Å²) in [4.78, 5) is 42.9. The number of carbonyl (C=O) groups is 1. The molecule has 0 aliphatic heterocycles. The predicted molar refractivity (Wildman–Crippen MR) is 82.2 cm³/mol. The summed E-state index contributed by atoms with van der Waals surface area (Å²) in [5.41, 5.74) is -0.169. The van der Waals surface area contributed by atoms with Crippen molar-refractivity contribution < 1.29 is 4.79 Å². The first-order chi connectivity index (χ1) is 10.5. The average Bonchev–Trinajstić information content (AvgIpc) is 2.91. The van der Waals surface area contributed by atoms with Gasteiger partial charge in [0.25, 0.3) is 11.5 Å². The lowest BCUT2D eigenvalue weighted by molar-refractivity contribution is 0.0948. The summed E-state index contributed by atoms with van der Waals surface area (Å²) in [6, 6.07) is 0. The molecule has 0 saturated heterocycles. The second-order valence-electron chi connectivity index (χ2n) is 5.28. The molecule has 0 fully saturated rings. The van der Waals surface area contributed by atoms with E-state index in [0.29, 0.717) is 6.54 Å². The first kappa shape index (κ1) is 14.7. The average molecular weight is 320 g/mol. The van der Waals surface area contributed by atoms with Gasteiger partial charge in [-0.3, -0.25) is 14.6 Å². The summed E-state index contributed by atoms with van der Waals surface area (Å²) in [5.74, 6) is -0.509. The van der Waals surface area contributed by atoms with Crippen LogP contribution in [0.1, 0.15) is 38.8 Å². The number of carbonyl (C=O) groups excluding carboxylic acids is 1. The molecule has 0 bridgehead atoms. The standard InChI is InChI=1S/C14H16N4O3S/c1-18-7-8(13(20)17-14(18)21)12(19)15-6-11-16-9-4-2-3-5-10(9)22-11/h7H,2-6H2,1H3,(H,15,19)(H,17,20,21). The molecule has 1 aliphatic carbocycles. The minimum Gasteiger partial charge on any atom is -0.345 e. The molecule has 1 amide bonds. The van der Waals surface area contributed by atoms with E-state index in [0.717, 1.165) is 30.0 Å². The maximum atomic E-state index is 12.1. The van der Waals surface area contributed by atoms with Crippen LogP contribution in [0.2, 0.25) is 0 Å². The molecule has 2 aromatic rings. The molecule has 0 radical (unpaired) electrons. The van der Waals surface area contributed by atoms with Crippen molar-refractivity contribution in [3.8, 4) is 0 Å². The third kappa shape index (κ3) is 2.87. The van der Waals surface area contributed by atoms with Crippen LogP contribution in [-0.4, -0.2) is 20.4 Å². The van der Waals surface area contributed by atoms with Gasteiger partial charge in [0.15, 0.2) is 0 Å². The largest absolute Gasteiger partial charge is 0.345 e. The van der Waals surface area contributed by atoms with Gasteiger partial charge in [-0.25, -0.2) is 9.78 Å². The van der Waals surface area contributed by atoms with Crippen LogP contribution in [0.3, 0.4) is 0 Å². The van der Waals surface area contributed by atoms with E-state index < -0.39 is 17.2 Å². The minimum absolute atomic E-state index is 0.0802. The zero-order valence-electron chi connectivity index (χ0n) is 12.1. The van der Waals surface area contributed by atoms with Crippen molar-refractivity contribution in [3.63, 3.8) is 0 Å². The molecule has 3 rings (SSSR count). The van der Waals surface area contributed by atoms with Gasteiger partial charge in [-0.15, -0.1) is 11.3 Å². The van der Waals surface area contributed by atoms with Crippen LogP contribution in [0, 0.1) is 0 Å². The Balaban J connectivity index is 1.72. The minimum atomic E-state index is -0.681. The number of nitrogens with one attached hydrogen (secondary N) is 2. The maximum absolute atomic E-state index is 12.1. The quantitative estimate of drug-likeness (QED) is 0.852. The normalized spacial score (nSPS) is 13.7. The lowest BCUT2D eigenvalue weighted by atomic mass is 10.0. The molecular weight excluding hydrogens is 304 g/mol. The Hall–Kier alpha value is -2.22. The van der Waals surface area contributed by atoms with Gasteiger partial charge in [-0.1, -0.05) is 0 Å². The first-order valence-electron chi connectivity index (χ1n) is 7.10. The van der Waals surface area contributed by atoms with Crippen molar-refractivity contribution >= 4 is 17.2 Å². The highest BCUT2D eigenvalue weighted by Gasteiger charge is 2.16. The lowest BCUT2D eigenvalue weighted by Crippen LogP contribution is -2.35. The number of aromatic nitrogens is 3. The SMILES string of the molecule is Cn1cc(C(=O)NCc2nc3c(s2)CCCC3)c(=O)[nH]c1=O. The van der Waals surface area contributed by atoms with Crippen molar-refractivity contribution in [3.05, 3.63) is 48.2 Å². The number of thiazole rings is 1. The van der Waals surface area contributed by atoms with Crippen molar-refractivity contribution in [1.29, 1.82) is 0 Å². The number of hydrogen-bond donors (Lipinski definition) is 2. The Kier molecular flexibility index (Phi) is 3.93. The Labute approximate surface area is 130 Å². The zero-order valence-corrected chi connectivity index (χ0v) is 13.0. The molecule has 0 aromatic carbocycles. The number of H-pyrrole nitrogens is 1. The van der Waals surface area contributed by atoms with E-state index in [1.807, 2.05) is 0 Å². The summed E-state index contributed by atoms with van der Waals surface area (Å²) in [6.07, 6.45) is 5.65. The smallest absolute Gasteiger partial charge is 0.328 e. The van der Waals surface area contributed by atoms with E-state index in [4.69, 9.17) is 0 Å². The molecule has 0 atom stereocenters.